The van der Waals surface area contributed by atoms with Crippen LogP contribution < -0.4 is 26.4 Å². The summed E-state index contributed by atoms with van der Waals surface area (Å²) < 4.78 is 2.87. The predicted octanol–water partition coefficient (Wildman–Crippen LogP) is -0.310. The first-order chi connectivity index (χ1) is 9.06. The summed E-state index contributed by atoms with van der Waals surface area (Å²) in [6.45, 7) is 0.356. The third kappa shape index (κ3) is 4.42. The highest BCUT2D eigenvalue weighted by Crippen LogP contribution is 2.11. The van der Waals surface area contributed by atoms with Crippen LogP contribution in [-0.4, -0.2) is 19.9 Å². The minimum Gasteiger partial charge on any atom is -1.00 e. The summed E-state index contributed by atoms with van der Waals surface area (Å²) in [6.07, 6.45) is 3.85. The van der Waals surface area contributed by atoms with Crippen LogP contribution in [0.3, 0.4) is 0 Å². The Bertz CT molecular complexity index is 565. The molecule has 0 unspecified atom stereocenters. The van der Waals surface area contributed by atoms with Crippen molar-refractivity contribution in [2.24, 2.45) is 0 Å². The van der Waals surface area contributed by atoms with Crippen molar-refractivity contribution in [1.29, 1.82) is 0 Å². The Hall–Kier alpha value is -1.20. The van der Waals surface area contributed by atoms with Gasteiger partial charge in [0.05, 0.1) is 0 Å². The number of ketones is 1. The molecule has 106 valence electrons. The van der Waals surface area contributed by atoms with Crippen LogP contribution in [0.5, 0.6) is 0 Å². The molecular formula is C15H16Br2N2O. The van der Waals surface area contributed by atoms with E-state index in [1.165, 1.54) is 0 Å². The molecule has 5 heteroatoms. The number of rotatable bonds is 4. The van der Waals surface area contributed by atoms with E-state index < -0.39 is 0 Å². The lowest BCUT2D eigenvalue weighted by molar-refractivity contribution is -0.683. The maximum atomic E-state index is 12.1. The van der Waals surface area contributed by atoms with E-state index in [0.717, 1.165) is 15.7 Å². The van der Waals surface area contributed by atoms with Crippen molar-refractivity contribution in [3.8, 4) is 0 Å². The number of hydrogen-bond acceptors (Lipinski definition) is 2. The average Bonchev–Trinajstić information content (AvgIpc) is 2.40. The number of carbonyl (C=O) groups is 1. The molecule has 0 N–H and O–H groups in total. The molecule has 0 saturated carbocycles. The number of aromatic nitrogens is 1. The molecule has 1 heterocycles. The summed E-state index contributed by atoms with van der Waals surface area (Å²) in [5.74, 6) is 0.107. The Kier molecular flexibility index (Phi) is 6.36. The van der Waals surface area contributed by atoms with Gasteiger partial charge in [-0.05, 0) is 12.1 Å². The molecule has 0 aliphatic rings. The molecule has 0 aliphatic carbocycles. The molecule has 0 bridgehead atoms. The quantitative estimate of drug-likeness (QED) is 0.520. The summed E-state index contributed by atoms with van der Waals surface area (Å²) in [6, 6.07) is 11.4. The molecule has 0 saturated heterocycles. The standard InChI is InChI=1S/C15H16BrN2O.BrH/c1-17(2)14-7-9-18(10-8-14)11-15(19)12-3-5-13(16)6-4-12;/h3-10H,11H2,1-2H3;1H/q+1;/p-1. The zero-order chi connectivity index (χ0) is 13.8. The minimum atomic E-state index is 0. The monoisotopic (exact) mass is 398 g/mol. The lowest BCUT2D eigenvalue weighted by Crippen LogP contribution is -3.00. The fraction of sp³-hybridized carbons (Fsp3) is 0.200. The van der Waals surface area contributed by atoms with Crippen LogP contribution >= 0.6 is 15.9 Å². The van der Waals surface area contributed by atoms with Crippen molar-refractivity contribution < 1.29 is 26.3 Å². The number of carbonyl (C=O) groups excluding carboxylic acids is 1. The van der Waals surface area contributed by atoms with E-state index in [0.29, 0.717) is 6.54 Å². The fourth-order valence-electron chi connectivity index (χ4n) is 1.75. The van der Waals surface area contributed by atoms with Gasteiger partial charge in [-0.1, -0.05) is 28.1 Å². The molecular weight excluding hydrogens is 384 g/mol. The van der Waals surface area contributed by atoms with Crippen molar-refractivity contribution in [2.75, 3.05) is 19.0 Å². The highest BCUT2D eigenvalue weighted by molar-refractivity contribution is 9.10. The summed E-state index contributed by atoms with van der Waals surface area (Å²) in [7, 11) is 3.99. The van der Waals surface area contributed by atoms with Gasteiger partial charge in [-0.2, -0.15) is 4.57 Å². The van der Waals surface area contributed by atoms with Crippen LogP contribution in [0.4, 0.5) is 5.69 Å². The maximum absolute atomic E-state index is 12.1. The molecule has 0 amide bonds. The maximum Gasteiger partial charge on any atom is 0.227 e. The van der Waals surface area contributed by atoms with Gasteiger partial charge in [-0.25, -0.2) is 0 Å². The smallest absolute Gasteiger partial charge is 0.227 e. The summed E-state index contributed by atoms with van der Waals surface area (Å²) in [4.78, 5) is 14.1. The highest BCUT2D eigenvalue weighted by Gasteiger charge is 2.12. The highest BCUT2D eigenvalue weighted by atomic mass is 79.9. The van der Waals surface area contributed by atoms with E-state index in [1.807, 2.05) is 72.4 Å². The van der Waals surface area contributed by atoms with Gasteiger partial charge in [-0.3, -0.25) is 4.79 Å². The minimum absolute atomic E-state index is 0. The first-order valence-electron chi connectivity index (χ1n) is 6.01. The summed E-state index contributed by atoms with van der Waals surface area (Å²) in [5, 5.41) is 0. The molecule has 3 nitrogen and oxygen atoms in total. The van der Waals surface area contributed by atoms with Crippen molar-refractivity contribution in [2.45, 2.75) is 6.54 Å². The van der Waals surface area contributed by atoms with Crippen molar-refractivity contribution in [3.63, 3.8) is 0 Å². The second kappa shape index (κ2) is 7.55. The normalized spacial score (nSPS) is 9.75. The molecule has 20 heavy (non-hydrogen) atoms. The largest absolute Gasteiger partial charge is 1.00 e. The molecule has 0 radical (unpaired) electrons. The summed E-state index contributed by atoms with van der Waals surface area (Å²) >= 11 is 3.36. The predicted molar refractivity (Wildman–Crippen MR) is 79.4 cm³/mol. The zero-order valence-corrected chi connectivity index (χ0v) is 14.6. The van der Waals surface area contributed by atoms with Crippen LogP contribution in [-0.2, 0) is 6.54 Å². The van der Waals surface area contributed by atoms with Crippen molar-refractivity contribution >= 4 is 27.4 Å². The van der Waals surface area contributed by atoms with Crippen LogP contribution in [0.1, 0.15) is 10.4 Å². The van der Waals surface area contributed by atoms with E-state index in [2.05, 4.69) is 15.9 Å². The molecule has 2 aromatic rings. The van der Waals surface area contributed by atoms with E-state index in [1.54, 1.807) is 0 Å². The lowest BCUT2D eigenvalue weighted by atomic mass is 10.1. The molecule has 2 rings (SSSR count). The van der Waals surface area contributed by atoms with Gasteiger partial charge in [0, 0.05) is 42.0 Å². The summed E-state index contributed by atoms with van der Waals surface area (Å²) in [5.41, 5.74) is 1.85. The molecule has 1 aromatic carbocycles. The lowest BCUT2D eigenvalue weighted by Gasteiger charge is -2.10. The van der Waals surface area contributed by atoms with Gasteiger partial charge in [0.15, 0.2) is 12.4 Å². The van der Waals surface area contributed by atoms with Gasteiger partial charge in [0.25, 0.3) is 0 Å². The van der Waals surface area contributed by atoms with E-state index >= 15 is 0 Å². The van der Waals surface area contributed by atoms with Gasteiger partial charge >= 0.3 is 0 Å². The van der Waals surface area contributed by atoms with E-state index in [4.69, 9.17) is 0 Å². The second-order valence-electron chi connectivity index (χ2n) is 4.55. The van der Waals surface area contributed by atoms with E-state index in [9.17, 15) is 4.79 Å². The number of pyridine rings is 1. The van der Waals surface area contributed by atoms with Crippen molar-refractivity contribution in [3.05, 3.63) is 58.8 Å². The van der Waals surface area contributed by atoms with Gasteiger partial charge in [0.1, 0.15) is 0 Å². The fourth-order valence-corrected chi connectivity index (χ4v) is 2.01. The van der Waals surface area contributed by atoms with Crippen LogP contribution in [0.25, 0.3) is 0 Å². The SMILES string of the molecule is CN(C)c1cc[n+](CC(=O)c2ccc(Br)cc2)cc1.[Br-]. The molecule has 0 aliphatic heterocycles. The number of Topliss-reactive ketones (excluding diaryl/α,β-unsaturated/α-hetero) is 1. The van der Waals surface area contributed by atoms with Crippen LogP contribution in [0.2, 0.25) is 0 Å². The third-order valence-corrected chi connectivity index (χ3v) is 3.41. The second-order valence-corrected chi connectivity index (χ2v) is 5.47. The van der Waals surface area contributed by atoms with Crippen LogP contribution in [0, 0.1) is 0 Å². The number of anilines is 1. The Balaban J connectivity index is 0.00000200. The zero-order valence-electron chi connectivity index (χ0n) is 11.4. The molecule has 0 atom stereocenters. The third-order valence-electron chi connectivity index (χ3n) is 2.88. The van der Waals surface area contributed by atoms with Gasteiger partial charge in [-0.15, -0.1) is 0 Å². The Labute approximate surface area is 138 Å². The molecule has 0 fully saturated rings. The number of hydrogen-bond donors (Lipinski definition) is 0. The number of benzene rings is 1. The van der Waals surface area contributed by atoms with Crippen LogP contribution in [0.15, 0.2) is 53.3 Å². The number of nitrogens with zero attached hydrogens (tertiary/aromatic N) is 2. The van der Waals surface area contributed by atoms with E-state index in [-0.39, 0.29) is 22.8 Å². The Morgan fingerprint density at radius 2 is 1.65 bits per heavy atom. The first-order valence-corrected chi connectivity index (χ1v) is 6.81. The first kappa shape index (κ1) is 16.9. The molecule has 1 aromatic heterocycles. The molecule has 0 spiro atoms. The Morgan fingerprint density at radius 1 is 1.10 bits per heavy atom. The average molecular weight is 400 g/mol. The van der Waals surface area contributed by atoms with Gasteiger partial charge < -0.3 is 21.9 Å². The van der Waals surface area contributed by atoms with Crippen molar-refractivity contribution in [1.82, 2.24) is 0 Å². The van der Waals surface area contributed by atoms with Gasteiger partial charge in [0.2, 0.25) is 12.3 Å². The topological polar surface area (TPSA) is 24.2 Å². The number of halogens is 2. The Morgan fingerprint density at radius 3 is 2.15 bits per heavy atom.